The van der Waals surface area contributed by atoms with Crippen molar-refractivity contribution in [1.82, 2.24) is 0 Å². The fourth-order valence-corrected chi connectivity index (χ4v) is 1200. The van der Waals surface area contributed by atoms with Crippen LogP contribution in [0.3, 0.4) is 0 Å². The highest BCUT2D eigenvalue weighted by molar-refractivity contribution is 9.58. The second-order valence-electron chi connectivity index (χ2n) is 12.8. The summed E-state index contributed by atoms with van der Waals surface area (Å²) in [7, 11) is 152. The maximum Gasteiger partial charge on any atom is -0.00000450 e. The first-order valence-electron chi connectivity index (χ1n) is 18.4. The molecule has 0 aliphatic rings. The van der Waals surface area contributed by atoms with Gasteiger partial charge in [0.15, 0.2) is 0 Å². The van der Waals surface area contributed by atoms with E-state index in [1.165, 1.54) is 0 Å². The fraction of sp³-hybridized carbons (Fsp3) is 0. The lowest BCUT2D eigenvalue weighted by Crippen LogP contribution is -1.75. The van der Waals surface area contributed by atoms with E-state index < -0.39 is 27.9 Å². The van der Waals surface area contributed by atoms with Gasteiger partial charge >= 0.3 is 0 Å². The molecule has 0 N–H and O–H groups in total. The van der Waals surface area contributed by atoms with Gasteiger partial charge in [-0.1, -0.05) is 7.96 Å². The number of hydrogen-bond donors (Lipinski definition) is 0. The van der Waals surface area contributed by atoms with Crippen molar-refractivity contribution in [2.75, 3.05) is 0 Å². The Morgan fingerprint density at radius 3 is 0.272 bits per heavy atom. The Morgan fingerprint density at radius 2 is 0.198 bits per heavy atom. The first kappa shape index (κ1) is 116. The van der Waals surface area contributed by atoms with Crippen LogP contribution in [0.5, 0.6) is 0 Å². The molecule has 81 heavy (non-hydrogen) atoms. The van der Waals surface area contributed by atoms with Crippen LogP contribution in [-0.2, 0) is 0 Å². The summed E-state index contributed by atoms with van der Waals surface area (Å²) in [5, 5.41) is 0. The second kappa shape index (κ2) is 63.7. The van der Waals surface area contributed by atoms with Gasteiger partial charge in [0.25, 0.3) is 0 Å². The molecule has 0 fully saturated rings. The van der Waals surface area contributed by atoms with E-state index in [1.54, 1.807) is 0 Å². The smallest absolute Gasteiger partial charge is 0.00000450 e. The van der Waals surface area contributed by atoms with Crippen LogP contribution in [0.15, 0.2) is 0 Å². The van der Waals surface area contributed by atoms with Gasteiger partial charge in [0.1, 0.15) is 0 Å². The van der Waals surface area contributed by atoms with Crippen molar-refractivity contribution in [2.45, 2.75) is 0 Å². The molecule has 0 radical (unpaired) electrons. The maximum absolute atomic E-state index is 3.78. The van der Waals surface area contributed by atoms with Gasteiger partial charge < -0.3 is 0 Å². The Balaban J connectivity index is 12.8. The highest BCUT2D eigenvalue weighted by Gasteiger charge is 2.65. The molecular weight excluding hydrogens is 2510 g/mol. The van der Waals surface area contributed by atoms with Gasteiger partial charge in [0.05, 0.1) is 0 Å². The normalized spacial score (nSPS) is 15.8. The van der Waals surface area contributed by atoms with E-state index in [9.17, 15) is 0 Å². The predicted molar refractivity (Wildman–Crippen MR) is 676 cm³/mol. The Kier molecular flexibility index (Phi) is 91.1. The molecule has 0 heterocycles. The summed E-state index contributed by atoms with van der Waals surface area (Å²) in [6.07, 6.45) is 0. The summed E-state index contributed by atoms with van der Waals surface area (Å²) in [5.41, 5.74) is 0. The quantitative estimate of drug-likeness (QED) is 0.0538. The van der Waals surface area contributed by atoms with Crippen LogP contribution in [0.1, 0.15) is 0 Å². The van der Waals surface area contributed by atoms with Crippen molar-refractivity contribution in [2.24, 2.45) is 0 Å². The van der Waals surface area contributed by atoms with Crippen LogP contribution in [0.25, 0.3) is 0 Å². The van der Waals surface area contributed by atoms with Gasteiger partial charge in [0.2, 0.25) is 0 Å². The summed E-state index contributed by atoms with van der Waals surface area (Å²) in [5.74, 6) is 0. The van der Waals surface area contributed by atoms with Crippen LogP contribution < -0.4 is 0 Å². The van der Waals surface area contributed by atoms with Gasteiger partial charge in [-0.25, -0.2) is 0 Å². The average Bonchev–Trinajstić information content (AvgIpc) is 3.24. The summed E-state index contributed by atoms with van der Waals surface area (Å²) < 4.78 is 0. The molecule has 0 amide bonds. The molecule has 0 nitrogen and oxygen atoms in total. The molecule has 0 saturated carbocycles. The molecule has 0 spiro atoms. The van der Waals surface area contributed by atoms with Gasteiger partial charge in [-0.05, 0) is 273 Å². The molecule has 45 atom stereocenters. The average molecular weight is 2590 g/mol. The molecule has 0 bridgehead atoms. The van der Waals surface area contributed by atoms with E-state index >= 15 is 0 Å². The van der Waals surface area contributed by atoms with Crippen molar-refractivity contribution in [1.29, 1.82) is 0 Å². The zero-order valence-electron chi connectivity index (χ0n) is 41.6. The van der Waals surface area contributed by atoms with Crippen molar-refractivity contribution >= 4 is 647 Å². The number of rotatable bonds is 39. The van der Waals surface area contributed by atoms with E-state index in [2.05, 4.69) is 366 Å². The van der Waals surface area contributed by atoms with E-state index in [-0.39, 0.29) is 245 Å². The molecule has 0 aromatic heterocycles. The van der Waals surface area contributed by atoms with Crippen LogP contribution >= 0.6 is 647 Å². The SMILES string of the molecule is PPP(P(P)P)P(P(P)P)P(P(P(P)P)P(P)P)P(P(P(P(P(P)P)P(P)P)P(P(P)P)P(P)P)P(P(P(P)P)P(P)P)P(P(P)P)P(P)P)P(P(P(P(P)P)P(P)P)P(P(P)P)P(P)P)P(P(P(P)P)P(P)P)P(P(P)P)P(P)P. The first-order valence-corrected chi connectivity index (χ1v) is 166. The van der Waals surface area contributed by atoms with Crippen molar-refractivity contribution in [3.63, 3.8) is 0 Å². The van der Waals surface area contributed by atoms with Crippen LogP contribution in [0, 0.1) is 0 Å². The van der Waals surface area contributed by atoms with Crippen LogP contribution in [0.4, 0.5) is 0 Å². The third kappa shape index (κ3) is 41.0. The van der Waals surface area contributed by atoms with E-state index in [4.69, 9.17) is 0 Å². The van der Waals surface area contributed by atoms with Gasteiger partial charge in [-0.2, -0.15) is 0 Å². The molecule has 45 unspecified atom stereocenters. The van der Waals surface area contributed by atoms with Gasteiger partial charge in [-0.15, -0.1) is 366 Å². The molecule has 0 aromatic carbocycles. The minimum atomic E-state index is -0.465. The molecule has 0 saturated heterocycles. The lowest BCUT2D eigenvalue weighted by molar-refractivity contribution is 4.31. The topological polar surface area (TPSA) is 0 Å². The highest BCUT2D eigenvalue weighted by Crippen LogP contribution is 3.52. The predicted octanol–water partition coefficient (Wildman–Crippen LogP) is 47.5. The minimum Gasteiger partial charge on any atom is -0.109 e. The van der Waals surface area contributed by atoms with Crippen molar-refractivity contribution < 1.29 is 0 Å². The Morgan fingerprint density at radius 1 is 0.111 bits per heavy atom. The van der Waals surface area contributed by atoms with Crippen LogP contribution in [-0.4, -0.2) is 0 Å². The Labute approximate surface area is 636 Å². The molecule has 0 aliphatic heterocycles. The largest absolute Gasteiger partial charge is 0.109 e. The molecular formula is H83P81. The zero-order chi connectivity index (χ0) is 64.2. The standard InChI is InChI=1S/H83P81/c1-42-63(43(2)3)73(62(40)41)78(72(60(36)37)61(38)39)81(79(74(64(44(4)5)45(6)7)65(46(8)9)47(10)11)75(66(48(12)13)49(14)15)67(50(16)17)51(18)19)80(76(68(52(20)21)53(22)23)69(54(24)25)55(26)27)77(70(56(28)29)57(30)31)71(58(32)33)59(34)35/h42H,1-41H2. The van der Waals surface area contributed by atoms with Gasteiger partial charge in [-0.3, -0.25) is 0 Å². The van der Waals surface area contributed by atoms with E-state index in [0.717, 1.165) is 7.96 Å². The molecule has 0 aromatic rings. The molecule has 81 heteroatoms. The van der Waals surface area contributed by atoms with Crippen molar-refractivity contribution in [3.05, 3.63) is 0 Å². The Hall–Kier alpha value is 34.8. The maximum atomic E-state index is 3.78. The first-order chi connectivity index (χ1) is 36.9. The van der Waals surface area contributed by atoms with Crippen molar-refractivity contribution in [3.8, 4) is 0 Å². The molecule has 488 valence electrons. The lowest BCUT2D eigenvalue weighted by atomic mass is 28.4. The summed E-state index contributed by atoms with van der Waals surface area (Å²) >= 11 is 0. The highest BCUT2D eigenvalue weighted by atomic mass is 33.6. The third-order valence-corrected chi connectivity index (χ3v) is 579. The molecule has 0 rings (SSSR count). The van der Waals surface area contributed by atoms with E-state index in [1.807, 2.05) is 0 Å². The lowest BCUT2D eigenvalue weighted by Gasteiger charge is -2.62. The zero-order valence-corrected chi connectivity index (χ0v) is 125. The second-order valence-corrected chi connectivity index (χ2v) is 347. The summed E-state index contributed by atoms with van der Waals surface area (Å²) in [4.78, 5) is 0. The third-order valence-electron chi connectivity index (χ3n) is 7.15. The molecule has 0 aliphatic carbocycles. The van der Waals surface area contributed by atoms with Gasteiger partial charge in [0, 0.05) is 0 Å². The minimum absolute atomic E-state index is 0.219. The summed E-state index contributed by atoms with van der Waals surface area (Å²) in [6, 6.07) is 0. The monoisotopic (exact) mass is 2590 g/mol. The Bertz CT molecular complexity index is 1250. The summed E-state index contributed by atoms with van der Waals surface area (Å²) in [6.45, 7) is -13.5. The van der Waals surface area contributed by atoms with E-state index in [0.29, 0.717) is 0 Å². The van der Waals surface area contributed by atoms with Crippen LogP contribution in [0.2, 0.25) is 0 Å². The fourth-order valence-electron chi connectivity index (χ4n) is 4.93. The number of hydrogen-bond acceptors (Lipinski definition) is 0.